The van der Waals surface area contributed by atoms with Crippen LogP contribution in [-0.4, -0.2) is 6.21 Å². The second kappa shape index (κ2) is 4.62. The fourth-order valence-electron chi connectivity index (χ4n) is 1.36. The largest absolute Gasteiger partial charge is 0.399 e. The zero-order valence-electron chi connectivity index (χ0n) is 9.22. The molecular formula is C14H14N2. The molecule has 80 valence electrons. The highest BCUT2D eigenvalue weighted by atomic mass is 14.7. The summed E-state index contributed by atoms with van der Waals surface area (Å²) in [6.07, 6.45) is 1.84. The molecule has 0 saturated carbocycles. The topological polar surface area (TPSA) is 38.4 Å². The number of nitrogens with zero attached hydrogens (tertiary/aromatic N) is 1. The van der Waals surface area contributed by atoms with E-state index in [0.29, 0.717) is 0 Å². The summed E-state index contributed by atoms with van der Waals surface area (Å²) in [5, 5.41) is 0. The van der Waals surface area contributed by atoms with E-state index in [4.69, 9.17) is 5.73 Å². The highest BCUT2D eigenvalue weighted by molar-refractivity contribution is 5.82. The summed E-state index contributed by atoms with van der Waals surface area (Å²) in [5.41, 5.74) is 9.63. The second-order valence-electron chi connectivity index (χ2n) is 3.76. The fourth-order valence-corrected chi connectivity index (χ4v) is 1.36. The predicted molar refractivity (Wildman–Crippen MR) is 69.3 cm³/mol. The molecule has 0 spiro atoms. The van der Waals surface area contributed by atoms with Crippen molar-refractivity contribution in [2.45, 2.75) is 6.92 Å². The van der Waals surface area contributed by atoms with E-state index in [9.17, 15) is 0 Å². The molecule has 2 nitrogen and oxygen atoms in total. The normalized spacial score (nSPS) is 10.8. The van der Waals surface area contributed by atoms with Crippen molar-refractivity contribution in [2.24, 2.45) is 4.99 Å². The molecule has 16 heavy (non-hydrogen) atoms. The van der Waals surface area contributed by atoms with E-state index in [1.165, 1.54) is 5.56 Å². The van der Waals surface area contributed by atoms with Gasteiger partial charge in [0.2, 0.25) is 0 Å². The molecule has 0 fully saturated rings. The maximum absolute atomic E-state index is 5.61. The van der Waals surface area contributed by atoms with Crippen molar-refractivity contribution in [3.05, 3.63) is 59.7 Å². The molecule has 0 saturated heterocycles. The van der Waals surface area contributed by atoms with E-state index in [1.54, 1.807) is 0 Å². The molecule has 2 N–H and O–H groups in total. The highest BCUT2D eigenvalue weighted by Crippen LogP contribution is 2.12. The molecule has 0 radical (unpaired) electrons. The van der Waals surface area contributed by atoms with Gasteiger partial charge in [-0.1, -0.05) is 29.8 Å². The predicted octanol–water partition coefficient (Wildman–Crippen LogP) is 3.33. The molecule has 2 aromatic rings. The number of aryl methyl sites for hydroxylation is 1. The quantitative estimate of drug-likeness (QED) is 0.599. The van der Waals surface area contributed by atoms with Gasteiger partial charge in [-0.3, -0.25) is 4.99 Å². The Morgan fingerprint density at radius 1 is 0.938 bits per heavy atom. The van der Waals surface area contributed by atoms with Crippen molar-refractivity contribution in [1.82, 2.24) is 0 Å². The Balaban J connectivity index is 2.15. The van der Waals surface area contributed by atoms with Crippen molar-refractivity contribution in [3.8, 4) is 0 Å². The summed E-state index contributed by atoms with van der Waals surface area (Å²) < 4.78 is 0. The number of hydrogen-bond donors (Lipinski definition) is 1. The van der Waals surface area contributed by atoms with Gasteiger partial charge in [-0.2, -0.15) is 0 Å². The molecule has 0 aliphatic carbocycles. The molecule has 0 bridgehead atoms. The summed E-state index contributed by atoms with van der Waals surface area (Å²) >= 11 is 0. The molecule has 0 heterocycles. The molecule has 2 aromatic carbocycles. The van der Waals surface area contributed by atoms with Crippen LogP contribution in [0.1, 0.15) is 11.1 Å². The van der Waals surface area contributed by atoms with Crippen LogP contribution in [-0.2, 0) is 0 Å². The van der Waals surface area contributed by atoms with Crippen LogP contribution in [0.15, 0.2) is 53.5 Å². The SMILES string of the molecule is Cc1ccc(N=Cc2ccc(N)cc2)cc1. The minimum atomic E-state index is 0.771. The number of aliphatic imine (C=N–C) groups is 1. The van der Waals surface area contributed by atoms with E-state index in [-0.39, 0.29) is 0 Å². The lowest BCUT2D eigenvalue weighted by Crippen LogP contribution is -1.85. The third-order valence-electron chi connectivity index (χ3n) is 2.33. The standard InChI is InChI=1S/C14H14N2/c1-11-2-8-14(9-3-11)16-10-12-4-6-13(15)7-5-12/h2-10H,15H2,1H3. The van der Waals surface area contributed by atoms with Gasteiger partial charge < -0.3 is 5.73 Å². The number of hydrogen-bond acceptors (Lipinski definition) is 2. The summed E-state index contributed by atoms with van der Waals surface area (Å²) in [5.74, 6) is 0. The highest BCUT2D eigenvalue weighted by Gasteiger charge is 1.89. The van der Waals surface area contributed by atoms with Crippen LogP contribution in [0, 0.1) is 6.92 Å². The Hall–Kier alpha value is -2.09. The number of nitrogen functional groups attached to an aromatic ring is 1. The lowest BCUT2D eigenvalue weighted by atomic mass is 10.2. The Morgan fingerprint density at radius 2 is 1.56 bits per heavy atom. The first kappa shape index (κ1) is 10.4. The maximum atomic E-state index is 5.61. The maximum Gasteiger partial charge on any atom is 0.0630 e. The average Bonchev–Trinajstić information content (AvgIpc) is 2.30. The van der Waals surface area contributed by atoms with Gasteiger partial charge in [-0.15, -0.1) is 0 Å². The van der Waals surface area contributed by atoms with Gasteiger partial charge in [0.15, 0.2) is 0 Å². The van der Waals surface area contributed by atoms with Crippen LogP contribution in [0.3, 0.4) is 0 Å². The van der Waals surface area contributed by atoms with Crippen molar-refractivity contribution in [3.63, 3.8) is 0 Å². The monoisotopic (exact) mass is 210 g/mol. The average molecular weight is 210 g/mol. The number of rotatable bonds is 2. The van der Waals surface area contributed by atoms with Gasteiger partial charge in [0.1, 0.15) is 0 Å². The Kier molecular flexibility index (Phi) is 3.01. The first-order valence-corrected chi connectivity index (χ1v) is 5.20. The zero-order valence-corrected chi connectivity index (χ0v) is 9.22. The van der Waals surface area contributed by atoms with Gasteiger partial charge in [0.25, 0.3) is 0 Å². The van der Waals surface area contributed by atoms with Crippen molar-refractivity contribution in [2.75, 3.05) is 5.73 Å². The number of anilines is 1. The van der Waals surface area contributed by atoms with E-state index >= 15 is 0 Å². The van der Waals surface area contributed by atoms with E-state index < -0.39 is 0 Å². The van der Waals surface area contributed by atoms with Crippen LogP contribution < -0.4 is 5.73 Å². The van der Waals surface area contributed by atoms with E-state index in [0.717, 1.165) is 16.9 Å². The first-order chi connectivity index (χ1) is 7.74. The Bertz CT molecular complexity index is 434. The number of benzene rings is 2. The number of nitrogens with two attached hydrogens (primary N) is 1. The summed E-state index contributed by atoms with van der Waals surface area (Å²) in [4.78, 5) is 4.38. The van der Waals surface area contributed by atoms with E-state index in [2.05, 4.69) is 24.0 Å². The molecule has 0 aliphatic heterocycles. The van der Waals surface area contributed by atoms with Gasteiger partial charge in [0, 0.05) is 11.9 Å². The van der Waals surface area contributed by atoms with Crippen molar-refractivity contribution >= 4 is 17.6 Å². The lowest BCUT2D eigenvalue weighted by Gasteiger charge is -1.96. The van der Waals surface area contributed by atoms with Gasteiger partial charge in [-0.25, -0.2) is 0 Å². The molecule has 0 unspecified atom stereocenters. The lowest BCUT2D eigenvalue weighted by molar-refractivity contribution is 1.44. The Labute approximate surface area is 95.5 Å². The molecular weight excluding hydrogens is 196 g/mol. The zero-order chi connectivity index (χ0) is 11.4. The van der Waals surface area contributed by atoms with Crippen molar-refractivity contribution < 1.29 is 0 Å². The molecule has 0 atom stereocenters. The van der Waals surface area contributed by atoms with Crippen LogP contribution in [0.5, 0.6) is 0 Å². The summed E-state index contributed by atoms with van der Waals surface area (Å²) in [7, 11) is 0. The van der Waals surface area contributed by atoms with Crippen LogP contribution >= 0.6 is 0 Å². The smallest absolute Gasteiger partial charge is 0.0630 e. The van der Waals surface area contributed by atoms with Crippen LogP contribution in [0.25, 0.3) is 0 Å². The minimum Gasteiger partial charge on any atom is -0.399 e. The third-order valence-corrected chi connectivity index (χ3v) is 2.33. The van der Waals surface area contributed by atoms with E-state index in [1.807, 2.05) is 42.6 Å². The second-order valence-corrected chi connectivity index (χ2v) is 3.76. The van der Waals surface area contributed by atoms with Crippen molar-refractivity contribution in [1.29, 1.82) is 0 Å². The van der Waals surface area contributed by atoms with Crippen LogP contribution in [0.4, 0.5) is 11.4 Å². The molecule has 0 aromatic heterocycles. The fraction of sp³-hybridized carbons (Fsp3) is 0.0714. The third kappa shape index (κ3) is 2.70. The minimum absolute atomic E-state index is 0.771. The van der Waals surface area contributed by atoms with Gasteiger partial charge in [-0.05, 0) is 36.8 Å². The van der Waals surface area contributed by atoms with Gasteiger partial charge in [0.05, 0.1) is 5.69 Å². The molecule has 2 rings (SSSR count). The summed E-state index contributed by atoms with van der Waals surface area (Å²) in [6, 6.07) is 15.8. The Morgan fingerprint density at radius 3 is 2.19 bits per heavy atom. The first-order valence-electron chi connectivity index (χ1n) is 5.20. The van der Waals surface area contributed by atoms with Crippen LogP contribution in [0.2, 0.25) is 0 Å². The molecule has 0 aliphatic rings. The van der Waals surface area contributed by atoms with Gasteiger partial charge >= 0.3 is 0 Å². The summed E-state index contributed by atoms with van der Waals surface area (Å²) in [6.45, 7) is 2.06. The molecule has 0 amide bonds. The molecule has 2 heteroatoms.